The van der Waals surface area contributed by atoms with Gasteiger partial charge in [-0.05, 0) is 29.8 Å². The Bertz CT molecular complexity index is 828. The number of nitrogen functional groups attached to an aromatic ring is 1. The summed E-state index contributed by atoms with van der Waals surface area (Å²) in [5.41, 5.74) is 7.25. The fourth-order valence-electron chi connectivity index (χ4n) is 1.86. The Kier molecular flexibility index (Phi) is 6.07. The molecule has 4 N–H and O–H groups in total. The molecular formula is C17H14Cl2N4O. The van der Waals surface area contributed by atoms with E-state index in [4.69, 9.17) is 34.2 Å². The number of rotatable bonds is 5. The van der Waals surface area contributed by atoms with E-state index in [1.165, 1.54) is 12.3 Å². The van der Waals surface area contributed by atoms with Gasteiger partial charge in [0.15, 0.2) is 0 Å². The van der Waals surface area contributed by atoms with E-state index in [2.05, 4.69) is 10.6 Å². The van der Waals surface area contributed by atoms with Crippen LogP contribution in [0.25, 0.3) is 0 Å². The largest absolute Gasteiger partial charge is 0.398 e. The van der Waals surface area contributed by atoms with Crippen molar-refractivity contribution in [2.75, 3.05) is 11.1 Å². The quantitative estimate of drug-likeness (QED) is 0.430. The van der Waals surface area contributed by atoms with Gasteiger partial charge in [-0.3, -0.25) is 4.79 Å². The standard InChI is InChI=1S/C17H14Cl2N4O/c18-14-4-2-1-3-11(14)9-22-10-12(8-20)17(24)23-13-5-6-16(21)15(19)7-13/h1-7,10,22H,9,21H2,(H,23,24)/b12-10-. The topological polar surface area (TPSA) is 90.9 Å². The smallest absolute Gasteiger partial charge is 0.267 e. The number of nitrogens with two attached hydrogens (primary N) is 1. The summed E-state index contributed by atoms with van der Waals surface area (Å²) in [4.78, 5) is 12.1. The number of carbonyl (C=O) groups is 1. The summed E-state index contributed by atoms with van der Waals surface area (Å²) in [6.07, 6.45) is 1.34. The van der Waals surface area contributed by atoms with Crippen LogP contribution in [0.4, 0.5) is 11.4 Å². The summed E-state index contributed by atoms with van der Waals surface area (Å²) in [7, 11) is 0. The summed E-state index contributed by atoms with van der Waals surface area (Å²) < 4.78 is 0. The van der Waals surface area contributed by atoms with Gasteiger partial charge in [-0.15, -0.1) is 0 Å². The number of nitrogens with one attached hydrogen (secondary N) is 2. The average Bonchev–Trinajstić information content (AvgIpc) is 2.56. The lowest BCUT2D eigenvalue weighted by Crippen LogP contribution is -2.16. The van der Waals surface area contributed by atoms with Crippen LogP contribution in [0.1, 0.15) is 5.56 Å². The highest BCUT2D eigenvalue weighted by Crippen LogP contribution is 2.22. The molecule has 0 aliphatic carbocycles. The Morgan fingerprint density at radius 3 is 2.62 bits per heavy atom. The zero-order chi connectivity index (χ0) is 17.5. The Balaban J connectivity index is 2.01. The molecule has 24 heavy (non-hydrogen) atoms. The van der Waals surface area contributed by atoms with Crippen molar-refractivity contribution in [1.82, 2.24) is 5.32 Å². The molecule has 0 spiro atoms. The molecule has 0 radical (unpaired) electrons. The first-order valence-electron chi connectivity index (χ1n) is 6.94. The Morgan fingerprint density at radius 2 is 1.96 bits per heavy atom. The molecule has 2 aromatic carbocycles. The van der Waals surface area contributed by atoms with E-state index in [9.17, 15) is 4.79 Å². The van der Waals surface area contributed by atoms with Gasteiger partial charge in [0.05, 0.1) is 10.7 Å². The SMILES string of the molecule is N#C/C(=C/NCc1ccccc1Cl)C(=O)Nc1ccc(N)c(Cl)c1. The molecule has 0 unspecified atom stereocenters. The molecule has 0 aliphatic heterocycles. The molecule has 0 bridgehead atoms. The summed E-state index contributed by atoms with van der Waals surface area (Å²) in [6.45, 7) is 0.395. The van der Waals surface area contributed by atoms with Crippen molar-refractivity contribution in [2.24, 2.45) is 0 Å². The number of halogens is 2. The second-order valence-electron chi connectivity index (χ2n) is 4.83. The highest BCUT2D eigenvalue weighted by molar-refractivity contribution is 6.33. The lowest BCUT2D eigenvalue weighted by Gasteiger charge is -2.07. The third-order valence-electron chi connectivity index (χ3n) is 3.12. The minimum atomic E-state index is -0.551. The molecule has 0 atom stereocenters. The molecule has 7 heteroatoms. The maximum absolute atomic E-state index is 12.1. The third-order valence-corrected chi connectivity index (χ3v) is 3.82. The van der Waals surface area contributed by atoms with Gasteiger partial charge in [-0.1, -0.05) is 41.4 Å². The van der Waals surface area contributed by atoms with E-state index in [0.717, 1.165) is 5.56 Å². The monoisotopic (exact) mass is 360 g/mol. The van der Waals surface area contributed by atoms with Crippen LogP contribution in [-0.2, 0) is 11.3 Å². The molecule has 0 aliphatic rings. The first-order valence-corrected chi connectivity index (χ1v) is 7.70. The van der Waals surface area contributed by atoms with Gasteiger partial charge in [-0.2, -0.15) is 5.26 Å². The van der Waals surface area contributed by atoms with Crippen LogP contribution in [0, 0.1) is 11.3 Å². The zero-order valence-corrected chi connectivity index (χ0v) is 14.0. The summed E-state index contributed by atoms with van der Waals surface area (Å²) in [6, 6.07) is 13.8. The maximum Gasteiger partial charge on any atom is 0.267 e. The summed E-state index contributed by atoms with van der Waals surface area (Å²) >= 11 is 11.9. The highest BCUT2D eigenvalue weighted by Gasteiger charge is 2.10. The van der Waals surface area contributed by atoms with E-state index >= 15 is 0 Å². The predicted molar refractivity (Wildman–Crippen MR) is 96.5 cm³/mol. The number of carbonyl (C=O) groups excluding carboxylic acids is 1. The Morgan fingerprint density at radius 1 is 1.21 bits per heavy atom. The second-order valence-corrected chi connectivity index (χ2v) is 5.65. The van der Waals surface area contributed by atoms with Gasteiger partial charge in [0.2, 0.25) is 0 Å². The van der Waals surface area contributed by atoms with Crippen LogP contribution in [0.3, 0.4) is 0 Å². The molecule has 0 saturated carbocycles. The maximum atomic E-state index is 12.1. The van der Waals surface area contributed by atoms with Gasteiger partial charge in [-0.25, -0.2) is 0 Å². The molecule has 2 rings (SSSR count). The summed E-state index contributed by atoms with van der Waals surface area (Å²) in [5, 5.41) is 15.6. The molecule has 1 amide bonds. The van der Waals surface area contributed by atoms with Crippen LogP contribution >= 0.6 is 23.2 Å². The van der Waals surface area contributed by atoms with Crippen molar-refractivity contribution < 1.29 is 4.79 Å². The average molecular weight is 361 g/mol. The van der Waals surface area contributed by atoms with E-state index in [0.29, 0.717) is 28.0 Å². The number of benzene rings is 2. The van der Waals surface area contributed by atoms with Gasteiger partial charge in [0.25, 0.3) is 5.91 Å². The van der Waals surface area contributed by atoms with Crippen LogP contribution in [0.2, 0.25) is 10.0 Å². The minimum Gasteiger partial charge on any atom is -0.398 e. The number of anilines is 2. The fraction of sp³-hybridized carbons (Fsp3) is 0.0588. The van der Waals surface area contributed by atoms with Crippen molar-refractivity contribution in [3.63, 3.8) is 0 Å². The van der Waals surface area contributed by atoms with Gasteiger partial charge < -0.3 is 16.4 Å². The minimum absolute atomic E-state index is 0.0741. The number of hydrogen-bond acceptors (Lipinski definition) is 4. The first-order chi connectivity index (χ1) is 11.5. The van der Waals surface area contributed by atoms with Crippen molar-refractivity contribution in [2.45, 2.75) is 6.54 Å². The van der Waals surface area contributed by atoms with Gasteiger partial charge in [0.1, 0.15) is 11.6 Å². The fourth-order valence-corrected chi connectivity index (χ4v) is 2.24. The Hall–Kier alpha value is -2.68. The molecule has 122 valence electrons. The van der Waals surface area contributed by atoms with Crippen molar-refractivity contribution in [3.05, 3.63) is 69.8 Å². The first kappa shape index (κ1) is 17.7. The van der Waals surface area contributed by atoms with Gasteiger partial charge in [0, 0.05) is 23.5 Å². The van der Waals surface area contributed by atoms with Crippen LogP contribution in [0.15, 0.2) is 54.2 Å². The number of nitrogens with zero attached hydrogens (tertiary/aromatic N) is 1. The van der Waals surface area contributed by atoms with Crippen molar-refractivity contribution >= 4 is 40.5 Å². The van der Waals surface area contributed by atoms with Crippen LogP contribution in [0.5, 0.6) is 0 Å². The van der Waals surface area contributed by atoms with E-state index in [-0.39, 0.29) is 5.57 Å². The van der Waals surface area contributed by atoms with Gasteiger partial charge >= 0.3 is 0 Å². The lowest BCUT2D eigenvalue weighted by atomic mass is 10.2. The third kappa shape index (κ3) is 4.66. The van der Waals surface area contributed by atoms with E-state index in [1.807, 2.05) is 24.3 Å². The van der Waals surface area contributed by atoms with Crippen LogP contribution < -0.4 is 16.4 Å². The molecule has 2 aromatic rings. The van der Waals surface area contributed by atoms with Crippen molar-refractivity contribution in [3.8, 4) is 6.07 Å². The molecule has 5 nitrogen and oxygen atoms in total. The molecular weight excluding hydrogens is 347 g/mol. The molecule has 0 aromatic heterocycles. The molecule has 0 heterocycles. The normalized spacial score (nSPS) is 10.8. The highest BCUT2D eigenvalue weighted by atomic mass is 35.5. The van der Waals surface area contributed by atoms with E-state index < -0.39 is 5.91 Å². The molecule has 0 fully saturated rings. The zero-order valence-electron chi connectivity index (χ0n) is 12.5. The Labute approximate surface area is 149 Å². The van der Waals surface area contributed by atoms with Crippen molar-refractivity contribution in [1.29, 1.82) is 5.26 Å². The molecule has 0 saturated heterocycles. The number of nitriles is 1. The number of amides is 1. The summed E-state index contributed by atoms with van der Waals surface area (Å²) in [5.74, 6) is -0.551. The second kappa shape index (κ2) is 8.25. The predicted octanol–water partition coefficient (Wildman–Crippen LogP) is 3.71. The van der Waals surface area contributed by atoms with E-state index in [1.54, 1.807) is 18.2 Å². The van der Waals surface area contributed by atoms with Crippen LogP contribution in [-0.4, -0.2) is 5.91 Å². The lowest BCUT2D eigenvalue weighted by molar-refractivity contribution is -0.112. The number of hydrogen-bond donors (Lipinski definition) is 3.